The highest BCUT2D eigenvalue weighted by Crippen LogP contribution is 2.53. The molecule has 1 aromatic rings. The molecule has 4 rings (SSSR count). The number of ether oxygens (including phenoxy) is 1. The van der Waals surface area contributed by atoms with Crippen LogP contribution in [0.3, 0.4) is 0 Å². The average molecular weight is 435 g/mol. The normalized spacial score (nSPS) is 28.5. The third-order valence-corrected chi connectivity index (χ3v) is 6.37. The van der Waals surface area contributed by atoms with Crippen LogP contribution in [0.5, 0.6) is 5.75 Å². The van der Waals surface area contributed by atoms with Gasteiger partial charge in [-0.05, 0) is 37.3 Å². The number of carbonyl (C=O) groups excluding carboxylic acids is 2. The van der Waals surface area contributed by atoms with Crippen molar-refractivity contribution in [1.82, 2.24) is 0 Å². The Bertz CT molecular complexity index is 746. The van der Waals surface area contributed by atoms with Gasteiger partial charge in [-0.2, -0.15) is 0 Å². The van der Waals surface area contributed by atoms with E-state index in [0.29, 0.717) is 18.0 Å². The van der Waals surface area contributed by atoms with E-state index in [2.05, 4.69) is 33.2 Å². The second-order valence-electron chi connectivity index (χ2n) is 8.33. The number of benzene rings is 1. The summed E-state index contributed by atoms with van der Waals surface area (Å²) in [6.07, 6.45) is 5.19. The van der Waals surface area contributed by atoms with Crippen LogP contribution in [0.15, 0.2) is 36.4 Å². The molecule has 0 spiro atoms. The number of hydrogen-bond donors (Lipinski definition) is 0. The number of carbonyl (C=O) groups is 2. The summed E-state index contributed by atoms with van der Waals surface area (Å²) >= 11 is 0. The number of amides is 2. The molecule has 27 heavy (non-hydrogen) atoms. The van der Waals surface area contributed by atoms with E-state index in [0.717, 1.165) is 24.0 Å². The molecule has 146 valence electrons. The lowest BCUT2D eigenvalue weighted by molar-refractivity contribution is -0.888. The highest BCUT2D eigenvalue weighted by atomic mass is 79.9. The van der Waals surface area contributed by atoms with Gasteiger partial charge in [-0.15, -0.1) is 0 Å². The van der Waals surface area contributed by atoms with E-state index in [-0.39, 0.29) is 52.5 Å². The SMILES string of the molecule is CC[N+](C)(C)CCOc1cccc(N2C(=O)C3C4C=CC(C4)C3C2=O)c1.[Br-]. The Morgan fingerprint density at radius 3 is 2.33 bits per heavy atom. The second kappa shape index (κ2) is 7.40. The molecule has 2 bridgehead atoms. The molecule has 2 aliphatic carbocycles. The summed E-state index contributed by atoms with van der Waals surface area (Å²) in [6, 6.07) is 7.38. The van der Waals surface area contributed by atoms with Crippen molar-refractivity contribution in [3.05, 3.63) is 36.4 Å². The zero-order valence-electron chi connectivity index (χ0n) is 16.1. The van der Waals surface area contributed by atoms with Gasteiger partial charge in [0.05, 0.1) is 38.2 Å². The van der Waals surface area contributed by atoms with Crippen molar-refractivity contribution in [2.24, 2.45) is 23.7 Å². The summed E-state index contributed by atoms with van der Waals surface area (Å²) in [6.45, 7) is 4.70. The van der Waals surface area contributed by atoms with Crippen LogP contribution in [-0.2, 0) is 9.59 Å². The first-order valence-corrected chi connectivity index (χ1v) is 9.52. The predicted octanol–water partition coefficient (Wildman–Crippen LogP) is -0.523. The van der Waals surface area contributed by atoms with Crippen molar-refractivity contribution in [2.45, 2.75) is 13.3 Å². The van der Waals surface area contributed by atoms with Crippen LogP contribution < -0.4 is 26.6 Å². The molecular weight excluding hydrogens is 408 g/mol. The maximum Gasteiger partial charge on any atom is 0.238 e. The monoisotopic (exact) mass is 434 g/mol. The average Bonchev–Trinajstić information content (AvgIpc) is 3.29. The molecule has 1 saturated carbocycles. The number of nitrogens with zero attached hydrogens (tertiary/aromatic N) is 2. The van der Waals surface area contributed by atoms with E-state index in [1.54, 1.807) is 0 Å². The lowest BCUT2D eigenvalue weighted by Crippen LogP contribution is -3.00. The van der Waals surface area contributed by atoms with Crippen molar-refractivity contribution in [3.63, 3.8) is 0 Å². The molecule has 2 fully saturated rings. The minimum Gasteiger partial charge on any atom is -1.00 e. The van der Waals surface area contributed by atoms with Gasteiger partial charge < -0.3 is 26.2 Å². The van der Waals surface area contributed by atoms with Gasteiger partial charge >= 0.3 is 0 Å². The molecule has 4 atom stereocenters. The predicted molar refractivity (Wildman–Crippen MR) is 99.7 cm³/mol. The van der Waals surface area contributed by atoms with Gasteiger partial charge in [0.15, 0.2) is 0 Å². The lowest BCUT2D eigenvalue weighted by Gasteiger charge is -2.28. The topological polar surface area (TPSA) is 46.6 Å². The van der Waals surface area contributed by atoms with Crippen molar-refractivity contribution < 1.29 is 35.8 Å². The number of allylic oxidation sites excluding steroid dienone is 2. The maximum atomic E-state index is 12.9. The first kappa shape index (κ1) is 20.1. The molecule has 1 saturated heterocycles. The minimum atomic E-state index is -0.162. The fourth-order valence-electron chi connectivity index (χ4n) is 4.44. The van der Waals surface area contributed by atoms with Crippen molar-refractivity contribution in [1.29, 1.82) is 0 Å². The number of rotatable bonds is 6. The number of hydrogen-bond acceptors (Lipinski definition) is 3. The molecule has 4 unspecified atom stereocenters. The number of fused-ring (bicyclic) bond motifs is 5. The van der Waals surface area contributed by atoms with Gasteiger partial charge in [-0.3, -0.25) is 9.59 Å². The quantitative estimate of drug-likeness (QED) is 0.343. The first-order chi connectivity index (χ1) is 12.4. The third-order valence-electron chi connectivity index (χ3n) is 6.37. The molecule has 1 heterocycles. The maximum absolute atomic E-state index is 12.9. The van der Waals surface area contributed by atoms with Gasteiger partial charge in [0.2, 0.25) is 11.8 Å². The number of halogens is 1. The summed E-state index contributed by atoms with van der Waals surface area (Å²) in [7, 11) is 4.34. The Morgan fingerprint density at radius 2 is 1.74 bits per heavy atom. The lowest BCUT2D eigenvalue weighted by atomic mass is 9.85. The van der Waals surface area contributed by atoms with Gasteiger partial charge in [-0.1, -0.05) is 18.2 Å². The molecule has 0 N–H and O–H groups in total. The van der Waals surface area contributed by atoms with Gasteiger partial charge in [0, 0.05) is 6.07 Å². The fourth-order valence-corrected chi connectivity index (χ4v) is 4.44. The number of quaternary nitrogens is 1. The van der Waals surface area contributed by atoms with Crippen LogP contribution in [0.2, 0.25) is 0 Å². The van der Waals surface area contributed by atoms with Gasteiger partial charge in [-0.25, -0.2) is 4.90 Å². The summed E-state index contributed by atoms with van der Waals surface area (Å²) in [5.74, 6) is 0.766. The van der Waals surface area contributed by atoms with Crippen LogP contribution >= 0.6 is 0 Å². The van der Waals surface area contributed by atoms with Crippen LogP contribution in [0.4, 0.5) is 5.69 Å². The highest BCUT2D eigenvalue weighted by molar-refractivity contribution is 6.22. The Hall–Kier alpha value is -1.66. The Morgan fingerprint density at radius 1 is 1.11 bits per heavy atom. The van der Waals surface area contributed by atoms with E-state index in [9.17, 15) is 9.59 Å². The third kappa shape index (κ3) is 3.45. The molecule has 6 heteroatoms. The molecule has 1 aromatic carbocycles. The first-order valence-electron chi connectivity index (χ1n) is 9.52. The minimum absolute atomic E-state index is 0. The van der Waals surface area contributed by atoms with Crippen molar-refractivity contribution >= 4 is 17.5 Å². The second-order valence-corrected chi connectivity index (χ2v) is 8.33. The number of likely N-dealkylation sites (N-methyl/N-ethyl adjacent to an activating group) is 1. The Labute approximate surface area is 171 Å². The zero-order chi connectivity index (χ0) is 18.5. The van der Waals surface area contributed by atoms with Crippen LogP contribution in [0.1, 0.15) is 13.3 Å². The summed E-state index contributed by atoms with van der Waals surface area (Å²) in [5, 5.41) is 0. The molecule has 1 aliphatic heterocycles. The summed E-state index contributed by atoms with van der Waals surface area (Å²) in [4.78, 5) is 27.2. The standard InChI is InChI=1S/C21H27N2O3.BrH/c1-4-23(2,3)10-11-26-17-7-5-6-16(13-17)22-20(24)18-14-8-9-15(12-14)19(18)21(22)25;/h5-9,13-15,18-19H,4,10-12H2,1-3H3;1H/q+1;/p-1. The van der Waals surface area contributed by atoms with E-state index < -0.39 is 0 Å². The largest absolute Gasteiger partial charge is 1.00 e. The molecule has 5 nitrogen and oxygen atoms in total. The van der Waals surface area contributed by atoms with Crippen LogP contribution in [-0.4, -0.2) is 50.1 Å². The zero-order valence-corrected chi connectivity index (χ0v) is 17.7. The molecule has 3 aliphatic rings. The van der Waals surface area contributed by atoms with E-state index in [4.69, 9.17) is 4.74 Å². The Balaban J connectivity index is 0.00000210. The number of imide groups is 1. The fraction of sp³-hybridized carbons (Fsp3) is 0.524. The molecule has 0 aromatic heterocycles. The molecule has 0 radical (unpaired) electrons. The van der Waals surface area contributed by atoms with Gasteiger partial charge in [0.25, 0.3) is 0 Å². The van der Waals surface area contributed by atoms with Crippen molar-refractivity contribution in [3.8, 4) is 5.75 Å². The van der Waals surface area contributed by atoms with Gasteiger partial charge in [0.1, 0.15) is 18.9 Å². The van der Waals surface area contributed by atoms with E-state index in [1.165, 1.54) is 4.90 Å². The summed E-state index contributed by atoms with van der Waals surface area (Å²) in [5.41, 5.74) is 0.635. The van der Waals surface area contributed by atoms with Crippen molar-refractivity contribution in [2.75, 3.05) is 38.7 Å². The van der Waals surface area contributed by atoms with Crippen LogP contribution in [0.25, 0.3) is 0 Å². The molecule has 2 amide bonds. The van der Waals surface area contributed by atoms with E-state index in [1.807, 2.05) is 24.3 Å². The molecular formula is C21H27BrN2O3. The summed E-state index contributed by atoms with van der Waals surface area (Å²) < 4.78 is 6.78. The smallest absolute Gasteiger partial charge is 0.238 e. The highest BCUT2D eigenvalue weighted by Gasteiger charge is 2.59. The van der Waals surface area contributed by atoms with Crippen LogP contribution in [0, 0.1) is 23.7 Å². The number of anilines is 1. The Kier molecular flexibility index (Phi) is 5.50. The van der Waals surface area contributed by atoms with E-state index >= 15 is 0 Å².